The monoisotopic (exact) mass is 256 g/mol. The third-order valence-electron chi connectivity index (χ3n) is 2.51. The van der Waals surface area contributed by atoms with Crippen molar-refractivity contribution in [3.05, 3.63) is 59.4 Å². The van der Waals surface area contributed by atoms with Gasteiger partial charge in [-0.1, -0.05) is 12.1 Å². The molecule has 19 heavy (non-hydrogen) atoms. The van der Waals surface area contributed by atoms with Crippen LogP contribution in [0.25, 0.3) is 0 Å². The quantitative estimate of drug-likeness (QED) is 0.884. The summed E-state index contributed by atoms with van der Waals surface area (Å²) in [5.41, 5.74) is 0.773. The molecule has 0 spiro atoms. The molecule has 0 atom stereocenters. The Morgan fingerprint density at radius 1 is 1.26 bits per heavy atom. The molecule has 0 saturated heterocycles. The summed E-state index contributed by atoms with van der Waals surface area (Å²) in [4.78, 5) is 10.8. The Balaban J connectivity index is 2.37. The fourth-order valence-electron chi connectivity index (χ4n) is 1.63. The highest BCUT2D eigenvalue weighted by molar-refractivity contribution is 5.89. The van der Waals surface area contributed by atoms with Crippen molar-refractivity contribution >= 4 is 17.3 Å². The van der Waals surface area contributed by atoms with E-state index in [0.29, 0.717) is 11.4 Å². The number of rotatable bonds is 3. The Labute approximate surface area is 108 Å². The molecule has 0 aliphatic carbocycles. The Hall–Kier alpha value is -2.87. The van der Waals surface area contributed by atoms with Crippen LogP contribution in [0.2, 0.25) is 0 Å². The van der Waals surface area contributed by atoms with Crippen LogP contribution in [-0.4, -0.2) is 11.1 Å². The first kappa shape index (κ1) is 12.6. The standard InChI is InChI=1S/C14H9FN2O2/c15-12-5-2-6-13(11(12)8-16)17-10-4-1-3-9(7-10)14(18)19/h1-7,17H,(H,18,19). The average Bonchev–Trinajstić information content (AvgIpc) is 2.39. The van der Waals surface area contributed by atoms with E-state index in [1.807, 2.05) is 0 Å². The van der Waals surface area contributed by atoms with Gasteiger partial charge in [0.15, 0.2) is 0 Å². The number of nitrogens with zero attached hydrogens (tertiary/aromatic N) is 1. The number of carboxylic acids is 1. The van der Waals surface area contributed by atoms with Crippen molar-refractivity contribution in [3.63, 3.8) is 0 Å². The SMILES string of the molecule is N#Cc1c(F)cccc1Nc1cccc(C(=O)O)c1. The molecule has 0 radical (unpaired) electrons. The first-order valence-corrected chi connectivity index (χ1v) is 5.41. The fraction of sp³-hybridized carbons (Fsp3) is 0. The molecule has 4 nitrogen and oxygen atoms in total. The smallest absolute Gasteiger partial charge is 0.335 e. The molecule has 2 aromatic rings. The van der Waals surface area contributed by atoms with Crippen molar-refractivity contribution in [2.24, 2.45) is 0 Å². The lowest BCUT2D eigenvalue weighted by atomic mass is 10.1. The Morgan fingerprint density at radius 3 is 2.68 bits per heavy atom. The van der Waals surface area contributed by atoms with Crippen molar-refractivity contribution in [1.29, 1.82) is 5.26 Å². The lowest BCUT2D eigenvalue weighted by Crippen LogP contribution is -1.99. The first-order chi connectivity index (χ1) is 9.11. The van der Waals surface area contributed by atoms with E-state index in [-0.39, 0.29) is 11.1 Å². The Bertz CT molecular complexity index is 677. The largest absolute Gasteiger partial charge is 0.478 e. The third kappa shape index (κ3) is 2.69. The maximum atomic E-state index is 13.4. The van der Waals surface area contributed by atoms with Crippen molar-refractivity contribution in [1.82, 2.24) is 0 Å². The second-order valence-corrected chi connectivity index (χ2v) is 3.79. The topological polar surface area (TPSA) is 73.1 Å². The average molecular weight is 256 g/mol. The van der Waals surface area contributed by atoms with E-state index in [1.165, 1.54) is 24.3 Å². The van der Waals surface area contributed by atoms with Gasteiger partial charge in [0.2, 0.25) is 0 Å². The molecule has 0 aliphatic rings. The van der Waals surface area contributed by atoms with Crippen LogP contribution in [0.15, 0.2) is 42.5 Å². The van der Waals surface area contributed by atoms with Crippen LogP contribution in [0.1, 0.15) is 15.9 Å². The summed E-state index contributed by atoms with van der Waals surface area (Å²) < 4.78 is 13.4. The maximum Gasteiger partial charge on any atom is 0.335 e. The minimum atomic E-state index is -1.05. The number of nitriles is 1. The van der Waals surface area contributed by atoms with Gasteiger partial charge < -0.3 is 10.4 Å². The number of anilines is 2. The van der Waals surface area contributed by atoms with Gasteiger partial charge in [0, 0.05) is 5.69 Å². The van der Waals surface area contributed by atoms with Gasteiger partial charge in [-0.2, -0.15) is 5.26 Å². The first-order valence-electron chi connectivity index (χ1n) is 5.41. The third-order valence-corrected chi connectivity index (χ3v) is 2.51. The normalized spacial score (nSPS) is 9.68. The molecule has 0 aliphatic heterocycles. The minimum Gasteiger partial charge on any atom is -0.478 e. The van der Waals surface area contributed by atoms with Crippen molar-refractivity contribution in [2.45, 2.75) is 0 Å². The summed E-state index contributed by atoms with van der Waals surface area (Å²) in [6.45, 7) is 0. The lowest BCUT2D eigenvalue weighted by molar-refractivity contribution is 0.0697. The Kier molecular flexibility index (Phi) is 3.44. The van der Waals surface area contributed by atoms with E-state index in [1.54, 1.807) is 24.3 Å². The number of halogens is 1. The number of aromatic carboxylic acids is 1. The highest BCUT2D eigenvalue weighted by Gasteiger charge is 2.09. The van der Waals surface area contributed by atoms with E-state index in [9.17, 15) is 9.18 Å². The van der Waals surface area contributed by atoms with Crippen molar-refractivity contribution in [2.75, 3.05) is 5.32 Å². The van der Waals surface area contributed by atoms with E-state index < -0.39 is 11.8 Å². The van der Waals surface area contributed by atoms with E-state index in [2.05, 4.69) is 5.32 Å². The van der Waals surface area contributed by atoms with Crippen LogP contribution < -0.4 is 5.32 Å². The molecule has 0 heterocycles. The fourth-order valence-corrected chi connectivity index (χ4v) is 1.63. The van der Waals surface area contributed by atoms with Crippen molar-refractivity contribution in [3.8, 4) is 6.07 Å². The van der Waals surface area contributed by atoms with Crippen LogP contribution in [0.5, 0.6) is 0 Å². The van der Waals surface area contributed by atoms with Gasteiger partial charge in [-0.25, -0.2) is 9.18 Å². The number of nitrogens with one attached hydrogen (secondary N) is 1. The molecule has 2 rings (SSSR count). The van der Waals surface area contributed by atoms with Crippen LogP contribution in [0.3, 0.4) is 0 Å². The van der Waals surface area contributed by atoms with Crippen LogP contribution in [0, 0.1) is 17.1 Å². The summed E-state index contributed by atoms with van der Waals surface area (Å²) >= 11 is 0. The van der Waals surface area contributed by atoms with Crippen LogP contribution in [0.4, 0.5) is 15.8 Å². The number of benzene rings is 2. The number of carbonyl (C=O) groups is 1. The highest BCUT2D eigenvalue weighted by Crippen LogP contribution is 2.23. The van der Waals surface area contributed by atoms with E-state index in [4.69, 9.17) is 10.4 Å². The zero-order chi connectivity index (χ0) is 13.8. The van der Waals surface area contributed by atoms with Gasteiger partial charge in [-0.3, -0.25) is 0 Å². The maximum absolute atomic E-state index is 13.4. The van der Waals surface area contributed by atoms with Crippen LogP contribution >= 0.6 is 0 Å². The lowest BCUT2D eigenvalue weighted by Gasteiger charge is -2.09. The minimum absolute atomic E-state index is 0.108. The molecule has 0 fully saturated rings. The van der Waals surface area contributed by atoms with E-state index in [0.717, 1.165) is 0 Å². The van der Waals surface area contributed by atoms with Crippen molar-refractivity contribution < 1.29 is 14.3 Å². The molecule has 2 N–H and O–H groups in total. The molecule has 0 aromatic heterocycles. The highest BCUT2D eigenvalue weighted by atomic mass is 19.1. The molecular weight excluding hydrogens is 247 g/mol. The predicted octanol–water partition coefficient (Wildman–Crippen LogP) is 3.14. The zero-order valence-electron chi connectivity index (χ0n) is 9.72. The summed E-state index contributed by atoms with van der Waals surface area (Å²) in [7, 11) is 0. The summed E-state index contributed by atoms with van der Waals surface area (Å²) in [5, 5.41) is 20.6. The summed E-state index contributed by atoms with van der Waals surface area (Å²) in [6.07, 6.45) is 0. The Morgan fingerprint density at radius 2 is 2.00 bits per heavy atom. The van der Waals surface area contributed by atoms with Gasteiger partial charge in [-0.15, -0.1) is 0 Å². The van der Waals surface area contributed by atoms with Crippen LogP contribution in [-0.2, 0) is 0 Å². The predicted molar refractivity (Wildman–Crippen MR) is 67.8 cm³/mol. The molecular formula is C14H9FN2O2. The van der Waals surface area contributed by atoms with Gasteiger partial charge in [0.1, 0.15) is 17.4 Å². The number of hydrogen-bond donors (Lipinski definition) is 2. The second-order valence-electron chi connectivity index (χ2n) is 3.79. The number of hydrogen-bond acceptors (Lipinski definition) is 3. The molecule has 0 unspecified atom stereocenters. The number of carboxylic acid groups (broad SMARTS) is 1. The van der Waals surface area contributed by atoms with Gasteiger partial charge >= 0.3 is 5.97 Å². The molecule has 0 saturated carbocycles. The zero-order valence-corrected chi connectivity index (χ0v) is 9.72. The molecule has 0 amide bonds. The van der Waals surface area contributed by atoms with Gasteiger partial charge in [-0.05, 0) is 30.3 Å². The van der Waals surface area contributed by atoms with Gasteiger partial charge in [0.05, 0.1) is 11.3 Å². The van der Waals surface area contributed by atoms with Gasteiger partial charge in [0.25, 0.3) is 0 Å². The second kappa shape index (κ2) is 5.19. The summed E-state index contributed by atoms with van der Waals surface area (Å²) in [6, 6.07) is 12.0. The molecule has 2 aromatic carbocycles. The molecule has 5 heteroatoms. The molecule has 94 valence electrons. The molecule has 0 bridgehead atoms. The van der Waals surface area contributed by atoms with E-state index >= 15 is 0 Å². The summed E-state index contributed by atoms with van der Waals surface area (Å²) in [5.74, 6) is -1.68.